The van der Waals surface area contributed by atoms with E-state index in [4.69, 9.17) is 12.2 Å². The molecule has 1 aliphatic carbocycles. The molecule has 0 bridgehead atoms. The van der Waals surface area contributed by atoms with Gasteiger partial charge in [0, 0.05) is 12.1 Å². The first kappa shape index (κ1) is 18.3. The Bertz CT molecular complexity index is 659. The zero-order valence-corrected chi connectivity index (χ0v) is 15.7. The van der Waals surface area contributed by atoms with Crippen LogP contribution in [0.3, 0.4) is 0 Å². The summed E-state index contributed by atoms with van der Waals surface area (Å²) in [5.74, 6) is 0.455. The van der Waals surface area contributed by atoms with Crippen molar-refractivity contribution in [2.75, 3.05) is 5.32 Å². The lowest BCUT2D eigenvalue weighted by atomic mass is 9.68. The second kappa shape index (κ2) is 8.20. The van der Waals surface area contributed by atoms with E-state index >= 15 is 0 Å². The Kier molecular flexibility index (Phi) is 6.26. The molecule has 4 nitrogen and oxygen atoms in total. The summed E-state index contributed by atoms with van der Waals surface area (Å²) in [7, 11) is 0. The van der Waals surface area contributed by atoms with Crippen molar-refractivity contribution in [3.8, 4) is 0 Å². The number of allylic oxidation sites excluding steroid dienone is 4. The van der Waals surface area contributed by atoms with E-state index in [0.717, 1.165) is 11.4 Å². The molecule has 0 saturated heterocycles. The Morgan fingerprint density at radius 1 is 1.46 bits per heavy atom. The van der Waals surface area contributed by atoms with Crippen LogP contribution in [-0.2, 0) is 0 Å². The highest BCUT2D eigenvalue weighted by Gasteiger charge is 2.30. The topological polar surface area (TPSA) is 49.3 Å². The van der Waals surface area contributed by atoms with E-state index < -0.39 is 0 Å². The predicted molar refractivity (Wildman–Crippen MR) is 106 cm³/mol. The van der Waals surface area contributed by atoms with Gasteiger partial charge in [0.1, 0.15) is 0 Å². The summed E-state index contributed by atoms with van der Waals surface area (Å²) in [5, 5.41) is 7.80. The zero-order chi connectivity index (χ0) is 17.6. The quantitative estimate of drug-likeness (QED) is 0.361. The Morgan fingerprint density at radius 2 is 2.25 bits per heavy atom. The van der Waals surface area contributed by atoms with E-state index in [9.17, 15) is 0 Å². The fourth-order valence-corrected chi connectivity index (χ4v) is 3.15. The molecule has 1 aliphatic rings. The molecule has 1 aromatic heterocycles. The third-order valence-corrected chi connectivity index (χ3v) is 4.56. The zero-order valence-electron chi connectivity index (χ0n) is 14.8. The summed E-state index contributed by atoms with van der Waals surface area (Å²) in [6, 6.07) is 3.75. The van der Waals surface area contributed by atoms with Crippen LogP contribution in [-0.4, -0.2) is 15.8 Å². The highest BCUT2D eigenvalue weighted by atomic mass is 32.1. The van der Waals surface area contributed by atoms with Gasteiger partial charge < -0.3 is 5.32 Å². The van der Waals surface area contributed by atoms with Crippen molar-refractivity contribution in [2.45, 2.75) is 40.5 Å². The molecule has 0 aromatic carbocycles. The van der Waals surface area contributed by atoms with Crippen LogP contribution in [0.4, 0.5) is 5.69 Å². The van der Waals surface area contributed by atoms with Gasteiger partial charge in [-0.05, 0) is 62.5 Å². The van der Waals surface area contributed by atoms with Crippen molar-refractivity contribution in [1.82, 2.24) is 10.4 Å². The largest absolute Gasteiger partial charge is 0.330 e. The third-order valence-electron chi connectivity index (χ3n) is 4.37. The molecular weight excluding hydrogens is 316 g/mol. The standard InChI is InChI=1S/C19H26N4S/c1-14-7-5-11-19(3,4)17(14)10-9-15(2)22-23-18(24)21-16-8-6-12-20-13-16/h6-10,12-13,17H,5,11H2,1-4H3,(H2,21,23,24)/b10-9+,22-15-. The number of nitrogens with zero attached hydrogens (tertiary/aromatic N) is 2. The lowest BCUT2D eigenvalue weighted by Crippen LogP contribution is -2.26. The molecule has 2 N–H and O–H groups in total. The van der Waals surface area contributed by atoms with Crippen LogP contribution in [0.25, 0.3) is 0 Å². The molecule has 1 heterocycles. The van der Waals surface area contributed by atoms with Crippen LogP contribution in [0.5, 0.6) is 0 Å². The van der Waals surface area contributed by atoms with Crippen molar-refractivity contribution in [1.29, 1.82) is 0 Å². The van der Waals surface area contributed by atoms with Crippen LogP contribution < -0.4 is 10.7 Å². The Labute approximate surface area is 150 Å². The highest BCUT2D eigenvalue weighted by molar-refractivity contribution is 7.80. The van der Waals surface area contributed by atoms with Crippen molar-refractivity contribution in [2.24, 2.45) is 16.4 Å². The molecule has 0 spiro atoms. The summed E-state index contributed by atoms with van der Waals surface area (Å²) in [6.45, 7) is 8.84. The fourth-order valence-electron chi connectivity index (χ4n) is 2.99. The summed E-state index contributed by atoms with van der Waals surface area (Å²) < 4.78 is 0. The maximum Gasteiger partial charge on any atom is 0.191 e. The van der Waals surface area contributed by atoms with E-state index in [0.29, 0.717) is 16.4 Å². The van der Waals surface area contributed by atoms with Crippen molar-refractivity contribution >= 4 is 28.7 Å². The van der Waals surface area contributed by atoms with Gasteiger partial charge in [0.25, 0.3) is 0 Å². The van der Waals surface area contributed by atoms with Crippen molar-refractivity contribution < 1.29 is 0 Å². The molecule has 0 saturated carbocycles. The Hall–Kier alpha value is -2.01. The number of pyridine rings is 1. The summed E-state index contributed by atoms with van der Waals surface area (Å²) in [5.41, 5.74) is 6.32. The Morgan fingerprint density at radius 3 is 2.92 bits per heavy atom. The van der Waals surface area contributed by atoms with Gasteiger partial charge in [0.05, 0.1) is 17.6 Å². The minimum absolute atomic E-state index is 0.292. The average molecular weight is 343 g/mol. The maximum absolute atomic E-state index is 5.23. The van der Waals surface area contributed by atoms with Crippen LogP contribution in [0.1, 0.15) is 40.5 Å². The summed E-state index contributed by atoms with van der Waals surface area (Å²) >= 11 is 5.23. The minimum atomic E-state index is 0.292. The van der Waals surface area contributed by atoms with E-state index in [1.54, 1.807) is 12.4 Å². The van der Waals surface area contributed by atoms with Crippen LogP contribution in [0.2, 0.25) is 0 Å². The molecule has 0 amide bonds. The molecule has 2 rings (SSSR count). The van der Waals surface area contributed by atoms with Crippen molar-refractivity contribution in [3.05, 3.63) is 48.3 Å². The molecule has 24 heavy (non-hydrogen) atoms. The lowest BCUT2D eigenvalue weighted by molar-refractivity contribution is 0.255. The SMILES string of the molecule is CC1=CCCC(C)(C)C1/C=C/C(C)=N\NC(=S)Nc1cccnc1. The molecule has 1 atom stereocenters. The number of anilines is 1. The minimum Gasteiger partial charge on any atom is -0.330 e. The van der Waals surface area contributed by atoms with E-state index in [2.05, 4.69) is 59.8 Å². The van der Waals surface area contributed by atoms with Gasteiger partial charge in [-0.25, -0.2) is 0 Å². The van der Waals surface area contributed by atoms with Gasteiger partial charge in [-0.3, -0.25) is 10.4 Å². The van der Waals surface area contributed by atoms with Crippen LogP contribution >= 0.6 is 12.2 Å². The second-order valence-corrected chi connectivity index (χ2v) is 7.28. The highest BCUT2D eigenvalue weighted by Crippen LogP contribution is 2.41. The van der Waals surface area contributed by atoms with Crippen LogP contribution in [0.15, 0.2) is 53.4 Å². The van der Waals surface area contributed by atoms with Crippen molar-refractivity contribution in [3.63, 3.8) is 0 Å². The van der Waals surface area contributed by atoms with Gasteiger partial charge >= 0.3 is 0 Å². The van der Waals surface area contributed by atoms with E-state index in [1.807, 2.05) is 19.1 Å². The first-order valence-corrected chi connectivity index (χ1v) is 8.65. The Balaban J connectivity index is 1.92. The van der Waals surface area contributed by atoms with E-state index in [1.165, 1.54) is 18.4 Å². The van der Waals surface area contributed by atoms with Gasteiger partial charge in [-0.1, -0.05) is 31.6 Å². The number of nitrogens with one attached hydrogen (secondary N) is 2. The fraction of sp³-hybridized carbons (Fsp3) is 0.421. The molecule has 0 fully saturated rings. The molecule has 1 aromatic rings. The normalized spacial score (nSPS) is 20.6. The third kappa shape index (κ3) is 5.27. The van der Waals surface area contributed by atoms with Gasteiger partial charge in [-0.2, -0.15) is 5.10 Å². The first-order valence-electron chi connectivity index (χ1n) is 8.24. The average Bonchev–Trinajstić information content (AvgIpc) is 2.53. The maximum atomic E-state index is 5.23. The molecule has 0 radical (unpaired) electrons. The summed E-state index contributed by atoms with van der Waals surface area (Å²) in [4.78, 5) is 4.03. The number of hydrogen-bond donors (Lipinski definition) is 2. The number of aromatic nitrogens is 1. The monoisotopic (exact) mass is 342 g/mol. The predicted octanol–water partition coefficient (Wildman–Crippen LogP) is 4.68. The lowest BCUT2D eigenvalue weighted by Gasteiger charge is -2.36. The molecule has 1 unspecified atom stereocenters. The van der Waals surface area contributed by atoms with Gasteiger partial charge in [-0.15, -0.1) is 0 Å². The first-order chi connectivity index (χ1) is 11.4. The molecule has 5 heteroatoms. The molecule has 128 valence electrons. The van der Waals surface area contributed by atoms with E-state index in [-0.39, 0.29) is 0 Å². The van der Waals surface area contributed by atoms with Gasteiger partial charge in [0.2, 0.25) is 0 Å². The van der Waals surface area contributed by atoms with Gasteiger partial charge in [0.15, 0.2) is 5.11 Å². The number of hydrogen-bond acceptors (Lipinski definition) is 3. The molecular formula is C19H26N4S. The van der Waals surface area contributed by atoms with Crippen LogP contribution in [0, 0.1) is 11.3 Å². The molecule has 0 aliphatic heterocycles. The number of hydrazone groups is 1. The smallest absolute Gasteiger partial charge is 0.191 e. The number of rotatable bonds is 4. The second-order valence-electron chi connectivity index (χ2n) is 6.87. The number of thiocarbonyl (C=S) groups is 1. The summed E-state index contributed by atoms with van der Waals surface area (Å²) in [6.07, 6.45) is 12.5.